The van der Waals surface area contributed by atoms with E-state index in [0.717, 1.165) is 38.3 Å². The fraction of sp³-hybridized carbons (Fsp3) is 0.579. The first-order chi connectivity index (χ1) is 12.5. The molecule has 3 rings (SSSR count). The Morgan fingerprint density at radius 1 is 1.23 bits per heavy atom. The number of likely N-dealkylation sites (tertiary alicyclic amines) is 1. The third-order valence-corrected chi connectivity index (χ3v) is 5.23. The largest absolute Gasteiger partial charge is 0.354 e. The van der Waals surface area contributed by atoms with Crippen molar-refractivity contribution in [2.75, 3.05) is 26.2 Å². The maximum absolute atomic E-state index is 14.0. The first-order valence-electron chi connectivity index (χ1n) is 9.21. The predicted octanol–water partition coefficient (Wildman–Crippen LogP) is 1.99. The van der Waals surface area contributed by atoms with Gasteiger partial charge in [-0.25, -0.2) is 8.78 Å². The van der Waals surface area contributed by atoms with E-state index in [9.17, 15) is 18.4 Å². The fourth-order valence-corrected chi connectivity index (χ4v) is 3.68. The van der Waals surface area contributed by atoms with Gasteiger partial charge >= 0.3 is 0 Å². The minimum atomic E-state index is -0.833. The molecule has 2 amide bonds. The quantitative estimate of drug-likeness (QED) is 0.858. The van der Waals surface area contributed by atoms with Crippen molar-refractivity contribution in [3.8, 4) is 0 Å². The summed E-state index contributed by atoms with van der Waals surface area (Å²) in [6.45, 7) is 3.89. The summed E-state index contributed by atoms with van der Waals surface area (Å²) in [6.07, 6.45) is 3.57. The molecule has 1 aromatic rings. The van der Waals surface area contributed by atoms with Crippen LogP contribution in [0.15, 0.2) is 12.1 Å². The second kappa shape index (κ2) is 8.12. The number of nitrogens with zero attached hydrogens (tertiary/aromatic N) is 1. The van der Waals surface area contributed by atoms with Gasteiger partial charge in [-0.05, 0) is 56.7 Å². The standard InChI is InChI=1S/C19H25F2N3O2/c1-12-8-14(16(21)9-15(12)20)19(26)24-7-3-4-13(11-24)10-23-18(25)17-5-2-6-22-17/h8-9,13,17,22H,2-7,10-11H2,1H3,(H,23,25). The molecular formula is C19H25F2N3O2. The van der Waals surface area contributed by atoms with E-state index in [1.165, 1.54) is 13.0 Å². The Bertz CT molecular complexity index is 690. The lowest BCUT2D eigenvalue weighted by Crippen LogP contribution is -2.46. The van der Waals surface area contributed by atoms with E-state index < -0.39 is 17.5 Å². The first kappa shape index (κ1) is 18.8. The summed E-state index contributed by atoms with van der Waals surface area (Å²) in [5.41, 5.74) is 0.156. The molecule has 0 bridgehead atoms. The van der Waals surface area contributed by atoms with Crippen molar-refractivity contribution in [2.24, 2.45) is 5.92 Å². The zero-order valence-corrected chi connectivity index (χ0v) is 15.0. The molecule has 142 valence electrons. The van der Waals surface area contributed by atoms with Crippen LogP contribution in [0.2, 0.25) is 0 Å². The van der Waals surface area contributed by atoms with Gasteiger partial charge in [0, 0.05) is 25.7 Å². The molecule has 2 N–H and O–H groups in total. The van der Waals surface area contributed by atoms with Crippen molar-refractivity contribution in [3.63, 3.8) is 0 Å². The predicted molar refractivity (Wildman–Crippen MR) is 93.8 cm³/mol. The van der Waals surface area contributed by atoms with Crippen molar-refractivity contribution in [1.29, 1.82) is 0 Å². The Kier molecular flexibility index (Phi) is 5.86. The Morgan fingerprint density at radius 2 is 2.04 bits per heavy atom. The highest BCUT2D eigenvalue weighted by atomic mass is 19.1. The number of piperidine rings is 1. The van der Waals surface area contributed by atoms with Gasteiger partial charge in [0.2, 0.25) is 5.91 Å². The number of hydrogen-bond acceptors (Lipinski definition) is 3. The number of halogens is 2. The minimum Gasteiger partial charge on any atom is -0.354 e. The molecule has 2 saturated heterocycles. The molecule has 0 saturated carbocycles. The first-order valence-corrected chi connectivity index (χ1v) is 9.21. The minimum absolute atomic E-state index is 0.00570. The van der Waals surface area contributed by atoms with E-state index >= 15 is 0 Å². The highest BCUT2D eigenvalue weighted by Gasteiger charge is 2.28. The highest BCUT2D eigenvalue weighted by molar-refractivity contribution is 5.94. The van der Waals surface area contributed by atoms with Crippen molar-refractivity contribution in [2.45, 2.75) is 38.6 Å². The zero-order valence-electron chi connectivity index (χ0n) is 15.0. The van der Waals surface area contributed by atoms with Gasteiger partial charge in [-0.3, -0.25) is 9.59 Å². The summed E-state index contributed by atoms with van der Waals surface area (Å²) in [5, 5.41) is 6.12. The van der Waals surface area contributed by atoms with Crippen LogP contribution in [0, 0.1) is 24.5 Å². The average molecular weight is 365 g/mol. The van der Waals surface area contributed by atoms with Crippen molar-refractivity contribution in [3.05, 3.63) is 34.9 Å². The Hall–Kier alpha value is -2.02. The summed E-state index contributed by atoms with van der Waals surface area (Å²) in [4.78, 5) is 26.3. The monoisotopic (exact) mass is 365 g/mol. The third kappa shape index (κ3) is 4.20. The number of aryl methyl sites for hydroxylation is 1. The Balaban J connectivity index is 1.58. The maximum atomic E-state index is 14.0. The molecule has 2 atom stereocenters. The topological polar surface area (TPSA) is 61.4 Å². The van der Waals surface area contributed by atoms with Gasteiger partial charge in [-0.1, -0.05) is 0 Å². The van der Waals surface area contributed by atoms with E-state index in [-0.39, 0.29) is 29.0 Å². The number of benzene rings is 1. The number of carbonyl (C=O) groups excluding carboxylic acids is 2. The molecule has 2 unspecified atom stereocenters. The summed E-state index contributed by atoms with van der Waals surface area (Å²) >= 11 is 0. The van der Waals surface area contributed by atoms with Crippen LogP contribution in [0.25, 0.3) is 0 Å². The van der Waals surface area contributed by atoms with Crippen LogP contribution in [0.5, 0.6) is 0 Å². The van der Waals surface area contributed by atoms with E-state index in [4.69, 9.17) is 0 Å². The molecule has 2 heterocycles. The molecule has 0 spiro atoms. The average Bonchev–Trinajstić information content (AvgIpc) is 3.17. The van der Waals surface area contributed by atoms with Gasteiger partial charge in [-0.15, -0.1) is 0 Å². The van der Waals surface area contributed by atoms with E-state index in [0.29, 0.717) is 19.6 Å². The molecule has 0 aromatic heterocycles. The van der Waals surface area contributed by atoms with Crippen LogP contribution in [0.1, 0.15) is 41.6 Å². The van der Waals surface area contributed by atoms with Crippen LogP contribution in [-0.4, -0.2) is 48.9 Å². The van der Waals surface area contributed by atoms with Gasteiger partial charge in [0.1, 0.15) is 11.6 Å². The fourth-order valence-electron chi connectivity index (χ4n) is 3.68. The number of nitrogens with one attached hydrogen (secondary N) is 2. The van der Waals surface area contributed by atoms with Gasteiger partial charge in [-0.2, -0.15) is 0 Å². The number of rotatable bonds is 4. The molecule has 2 aliphatic heterocycles. The van der Waals surface area contributed by atoms with Crippen molar-refractivity contribution in [1.82, 2.24) is 15.5 Å². The van der Waals surface area contributed by atoms with Crippen LogP contribution in [-0.2, 0) is 4.79 Å². The van der Waals surface area contributed by atoms with Gasteiger partial charge < -0.3 is 15.5 Å². The Labute approximate surface area is 152 Å². The van der Waals surface area contributed by atoms with Crippen LogP contribution >= 0.6 is 0 Å². The summed E-state index contributed by atoms with van der Waals surface area (Å²) in [5.74, 6) is -1.76. The lowest BCUT2D eigenvalue weighted by Gasteiger charge is -2.33. The normalized spacial score (nSPS) is 23.1. The highest BCUT2D eigenvalue weighted by Crippen LogP contribution is 2.21. The van der Waals surface area contributed by atoms with Crippen LogP contribution in [0.4, 0.5) is 8.78 Å². The number of amides is 2. The van der Waals surface area contributed by atoms with E-state index in [1.54, 1.807) is 4.90 Å². The van der Waals surface area contributed by atoms with E-state index in [1.807, 2.05) is 0 Å². The summed E-state index contributed by atoms with van der Waals surface area (Å²) in [7, 11) is 0. The van der Waals surface area contributed by atoms with Crippen molar-refractivity contribution < 1.29 is 18.4 Å². The lowest BCUT2D eigenvalue weighted by atomic mass is 9.96. The zero-order chi connectivity index (χ0) is 18.7. The smallest absolute Gasteiger partial charge is 0.256 e. The lowest BCUT2D eigenvalue weighted by molar-refractivity contribution is -0.123. The molecule has 0 aliphatic carbocycles. The maximum Gasteiger partial charge on any atom is 0.256 e. The number of hydrogen-bond donors (Lipinski definition) is 2. The Morgan fingerprint density at radius 3 is 2.77 bits per heavy atom. The molecule has 7 heteroatoms. The summed E-state index contributed by atoms with van der Waals surface area (Å²) in [6, 6.07) is 1.91. The van der Waals surface area contributed by atoms with Gasteiger partial charge in [0.05, 0.1) is 11.6 Å². The second-order valence-electron chi connectivity index (χ2n) is 7.23. The third-order valence-electron chi connectivity index (χ3n) is 5.23. The molecule has 2 fully saturated rings. The molecule has 5 nitrogen and oxygen atoms in total. The molecule has 26 heavy (non-hydrogen) atoms. The van der Waals surface area contributed by atoms with Gasteiger partial charge in [0.15, 0.2) is 0 Å². The van der Waals surface area contributed by atoms with E-state index in [2.05, 4.69) is 10.6 Å². The van der Waals surface area contributed by atoms with Crippen molar-refractivity contribution >= 4 is 11.8 Å². The molecule has 1 aromatic carbocycles. The van der Waals surface area contributed by atoms with Crippen LogP contribution in [0.3, 0.4) is 0 Å². The molecule has 2 aliphatic rings. The SMILES string of the molecule is Cc1cc(C(=O)N2CCCC(CNC(=O)C3CCCN3)C2)c(F)cc1F. The molecular weight excluding hydrogens is 340 g/mol. The number of carbonyl (C=O) groups is 2. The second-order valence-corrected chi connectivity index (χ2v) is 7.23. The van der Waals surface area contributed by atoms with Crippen LogP contribution < -0.4 is 10.6 Å². The summed E-state index contributed by atoms with van der Waals surface area (Å²) < 4.78 is 27.4. The molecule has 0 radical (unpaired) electrons. The van der Waals surface area contributed by atoms with Gasteiger partial charge in [0.25, 0.3) is 5.91 Å².